The Morgan fingerprint density at radius 3 is 2.70 bits per heavy atom. The van der Waals surface area contributed by atoms with Gasteiger partial charge in [0.25, 0.3) is 5.56 Å². The summed E-state index contributed by atoms with van der Waals surface area (Å²) >= 11 is 6.08. The van der Waals surface area contributed by atoms with Crippen molar-refractivity contribution in [1.29, 1.82) is 0 Å². The van der Waals surface area contributed by atoms with Gasteiger partial charge in [-0.05, 0) is 24.6 Å². The highest BCUT2D eigenvalue weighted by molar-refractivity contribution is 6.32. The zero-order valence-electron chi connectivity index (χ0n) is 16.0. The average Bonchev–Trinajstić information content (AvgIpc) is 2.68. The Morgan fingerprint density at radius 2 is 2.00 bits per heavy atom. The maximum absolute atomic E-state index is 11.8. The zero-order chi connectivity index (χ0) is 19.4. The van der Waals surface area contributed by atoms with Crippen LogP contribution in [0.4, 0.5) is 11.4 Å². The molecule has 0 amide bonds. The van der Waals surface area contributed by atoms with Crippen LogP contribution in [0.1, 0.15) is 5.56 Å². The molecule has 1 fully saturated rings. The first-order valence-corrected chi connectivity index (χ1v) is 9.45. The summed E-state index contributed by atoms with van der Waals surface area (Å²) in [4.78, 5) is 16.6. The number of methoxy groups -OCH3 is 1. The van der Waals surface area contributed by atoms with Crippen molar-refractivity contribution in [2.24, 2.45) is 7.05 Å². The highest BCUT2D eigenvalue weighted by Crippen LogP contribution is 2.29. The topological polar surface area (TPSA) is 62.6 Å². The maximum Gasteiger partial charge on any atom is 0.287 e. The van der Waals surface area contributed by atoms with E-state index in [1.54, 1.807) is 20.4 Å². The van der Waals surface area contributed by atoms with Crippen LogP contribution in [0, 0.1) is 6.92 Å². The van der Waals surface area contributed by atoms with Crippen molar-refractivity contribution in [1.82, 2.24) is 14.7 Å². The Bertz CT molecular complexity index is 846. The lowest BCUT2D eigenvalue weighted by Crippen LogP contribution is -2.47. The molecule has 0 atom stereocenters. The molecule has 1 aromatic heterocycles. The second kappa shape index (κ2) is 8.63. The Morgan fingerprint density at radius 1 is 1.26 bits per heavy atom. The molecule has 1 aliphatic rings. The quantitative estimate of drug-likeness (QED) is 0.812. The fourth-order valence-electron chi connectivity index (χ4n) is 3.24. The fraction of sp³-hybridized carbons (Fsp3) is 0.474. The van der Waals surface area contributed by atoms with Crippen LogP contribution in [0.5, 0.6) is 5.75 Å². The molecule has 0 radical (unpaired) electrons. The lowest BCUT2D eigenvalue weighted by molar-refractivity contribution is 0.266. The lowest BCUT2D eigenvalue weighted by atomic mass is 10.1. The first-order chi connectivity index (χ1) is 13.0. The molecule has 1 N–H and O–H groups in total. The molecule has 0 aliphatic carbocycles. The summed E-state index contributed by atoms with van der Waals surface area (Å²) < 4.78 is 6.77. The van der Waals surface area contributed by atoms with E-state index < -0.39 is 0 Å². The Balaban J connectivity index is 1.50. The molecule has 2 heterocycles. The molecule has 1 aliphatic heterocycles. The predicted octanol–water partition coefficient (Wildman–Crippen LogP) is 1.98. The Labute approximate surface area is 164 Å². The van der Waals surface area contributed by atoms with Crippen molar-refractivity contribution in [3.05, 3.63) is 45.3 Å². The number of hydrogen-bond donors (Lipinski definition) is 1. The van der Waals surface area contributed by atoms with Crippen LogP contribution in [-0.4, -0.2) is 61.1 Å². The fourth-order valence-corrected chi connectivity index (χ4v) is 3.48. The van der Waals surface area contributed by atoms with E-state index in [9.17, 15) is 4.79 Å². The molecule has 3 rings (SSSR count). The number of rotatable bonds is 6. The van der Waals surface area contributed by atoms with Gasteiger partial charge in [0.1, 0.15) is 10.8 Å². The van der Waals surface area contributed by atoms with E-state index >= 15 is 0 Å². The number of aryl methyl sites for hydroxylation is 2. The average molecular weight is 392 g/mol. The molecule has 27 heavy (non-hydrogen) atoms. The van der Waals surface area contributed by atoms with Crippen molar-refractivity contribution in [3.8, 4) is 5.75 Å². The minimum absolute atomic E-state index is 0.184. The maximum atomic E-state index is 11.8. The van der Waals surface area contributed by atoms with E-state index in [-0.39, 0.29) is 10.6 Å². The van der Waals surface area contributed by atoms with Crippen LogP contribution in [-0.2, 0) is 7.05 Å². The molecule has 146 valence electrons. The molecule has 1 saturated heterocycles. The van der Waals surface area contributed by atoms with Crippen molar-refractivity contribution >= 4 is 23.0 Å². The standard InChI is InChI=1S/C19H26ClN5O2/c1-14-4-5-16(17(12-14)27-3)25-10-8-24(9-11-25)7-6-21-15-13-22-23(2)19(26)18(15)20/h4-5,12-13,21H,6-11H2,1-3H3. The summed E-state index contributed by atoms with van der Waals surface area (Å²) in [5.74, 6) is 0.929. The lowest BCUT2D eigenvalue weighted by Gasteiger charge is -2.36. The highest BCUT2D eigenvalue weighted by atomic mass is 35.5. The van der Waals surface area contributed by atoms with E-state index in [1.807, 2.05) is 0 Å². The van der Waals surface area contributed by atoms with Crippen molar-refractivity contribution in [2.45, 2.75) is 6.92 Å². The second-order valence-electron chi connectivity index (χ2n) is 6.73. The summed E-state index contributed by atoms with van der Waals surface area (Å²) in [5, 5.41) is 7.39. The van der Waals surface area contributed by atoms with E-state index in [4.69, 9.17) is 16.3 Å². The van der Waals surface area contributed by atoms with Crippen LogP contribution in [0.15, 0.2) is 29.2 Å². The highest BCUT2D eigenvalue weighted by Gasteiger charge is 2.19. The van der Waals surface area contributed by atoms with Gasteiger partial charge in [0.2, 0.25) is 0 Å². The predicted molar refractivity (Wildman–Crippen MR) is 109 cm³/mol. The third-order valence-corrected chi connectivity index (χ3v) is 5.24. The summed E-state index contributed by atoms with van der Waals surface area (Å²) in [6, 6.07) is 6.33. The van der Waals surface area contributed by atoms with Crippen molar-refractivity contribution in [2.75, 3.05) is 56.6 Å². The molecule has 0 saturated carbocycles. The largest absolute Gasteiger partial charge is 0.495 e. The van der Waals surface area contributed by atoms with E-state index in [1.165, 1.54) is 10.2 Å². The van der Waals surface area contributed by atoms with Gasteiger partial charge in [-0.2, -0.15) is 5.10 Å². The number of piperazine rings is 1. The summed E-state index contributed by atoms with van der Waals surface area (Å²) in [7, 11) is 3.30. The number of nitrogens with one attached hydrogen (secondary N) is 1. The van der Waals surface area contributed by atoms with Crippen LogP contribution in [0.2, 0.25) is 5.02 Å². The molecular formula is C19H26ClN5O2. The van der Waals surface area contributed by atoms with Crippen LogP contribution < -0.4 is 20.5 Å². The van der Waals surface area contributed by atoms with Crippen molar-refractivity contribution < 1.29 is 4.74 Å². The summed E-state index contributed by atoms with van der Waals surface area (Å²) in [6.45, 7) is 7.51. The van der Waals surface area contributed by atoms with Gasteiger partial charge in [-0.15, -0.1) is 0 Å². The molecular weight excluding hydrogens is 366 g/mol. The van der Waals surface area contributed by atoms with E-state index in [2.05, 4.69) is 45.3 Å². The number of hydrogen-bond acceptors (Lipinski definition) is 6. The number of ether oxygens (including phenoxy) is 1. The van der Waals surface area contributed by atoms with E-state index in [0.717, 1.165) is 44.2 Å². The van der Waals surface area contributed by atoms with Crippen LogP contribution in [0.3, 0.4) is 0 Å². The number of benzene rings is 1. The second-order valence-corrected chi connectivity index (χ2v) is 7.11. The van der Waals surface area contributed by atoms with Crippen LogP contribution >= 0.6 is 11.6 Å². The van der Waals surface area contributed by atoms with Gasteiger partial charge >= 0.3 is 0 Å². The molecule has 1 aromatic carbocycles. The minimum atomic E-state index is -0.290. The first-order valence-electron chi connectivity index (χ1n) is 9.07. The third kappa shape index (κ3) is 4.54. The molecule has 7 nitrogen and oxygen atoms in total. The van der Waals surface area contributed by atoms with Gasteiger partial charge in [0.05, 0.1) is 24.7 Å². The molecule has 2 aromatic rings. The smallest absolute Gasteiger partial charge is 0.287 e. The van der Waals surface area contributed by atoms with Crippen LogP contribution in [0.25, 0.3) is 0 Å². The summed E-state index contributed by atoms with van der Waals surface area (Å²) in [5.41, 5.74) is 2.65. The van der Waals surface area contributed by atoms with Gasteiger partial charge in [-0.25, -0.2) is 4.68 Å². The van der Waals surface area contributed by atoms with Gasteiger partial charge in [-0.1, -0.05) is 17.7 Å². The number of halogens is 1. The Kier molecular flexibility index (Phi) is 6.23. The Hall–Kier alpha value is -2.25. The SMILES string of the molecule is COc1cc(C)ccc1N1CCN(CCNc2cnn(C)c(=O)c2Cl)CC1. The van der Waals surface area contributed by atoms with Gasteiger partial charge in [-0.3, -0.25) is 9.69 Å². The van der Waals surface area contributed by atoms with Crippen molar-refractivity contribution in [3.63, 3.8) is 0 Å². The molecule has 8 heteroatoms. The number of aromatic nitrogens is 2. The van der Waals surface area contributed by atoms with Gasteiger partial charge in [0.15, 0.2) is 0 Å². The summed E-state index contributed by atoms with van der Waals surface area (Å²) in [6.07, 6.45) is 1.59. The number of nitrogens with zero attached hydrogens (tertiary/aromatic N) is 4. The first kappa shape index (κ1) is 19.5. The molecule has 0 unspecified atom stereocenters. The normalized spacial score (nSPS) is 15.0. The molecule has 0 bridgehead atoms. The van der Waals surface area contributed by atoms with Gasteiger partial charge in [0, 0.05) is 46.3 Å². The van der Waals surface area contributed by atoms with Gasteiger partial charge < -0.3 is 15.0 Å². The molecule has 0 spiro atoms. The number of anilines is 2. The minimum Gasteiger partial charge on any atom is -0.495 e. The van der Waals surface area contributed by atoms with E-state index in [0.29, 0.717) is 12.2 Å². The monoisotopic (exact) mass is 391 g/mol. The zero-order valence-corrected chi connectivity index (χ0v) is 16.8. The third-order valence-electron chi connectivity index (χ3n) is 4.87.